The lowest BCUT2D eigenvalue weighted by Gasteiger charge is -2.32. The van der Waals surface area contributed by atoms with Crippen LogP contribution in [0.5, 0.6) is 5.75 Å². The molecule has 0 radical (unpaired) electrons. The summed E-state index contributed by atoms with van der Waals surface area (Å²) in [6.07, 6.45) is 1.91. The molecule has 158 valence electrons. The van der Waals surface area contributed by atoms with Crippen LogP contribution in [0.2, 0.25) is 0 Å². The SMILES string of the molecule is Cc1cc(OC2CCN(Cc3ccccc3-c3nnn[nH]3)CC2)c2cccc(F)c2n1. The largest absolute Gasteiger partial charge is 0.490 e. The van der Waals surface area contributed by atoms with E-state index in [-0.39, 0.29) is 11.9 Å². The number of ether oxygens (including phenoxy) is 1. The fourth-order valence-electron chi connectivity index (χ4n) is 4.17. The molecule has 0 amide bonds. The van der Waals surface area contributed by atoms with Crippen LogP contribution in [0.15, 0.2) is 48.5 Å². The third kappa shape index (κ3) is 4.11. The van der Waals surface area contributed by atoms with E-state index in [1.165, 1.54) is 11.6 Å². The van der Waals surface area contributed by atoms with Crippen LogP contribution < -0.4 is 4.74 Å². The Labute approximate surface area is 179 Å². The number of aromatic nitrogens is 5. The summed E-state index contributed by atoms with van der Waals surface area (Å²) >= 11 is 0. The molecule has 0 atom stereocenters. The van der Waals surface area contributed by atoms with E-state index in [0.717, 1.165) is 49.1 Å². The van der Waals surface area contributed by atoms with Crippen LogP contribution in [0.1, 0.15) is 24.1 Å². The van der Waals surface area contributed by atoms with Gasteiger partial charge in [0.25, 0.3) is 0 Å². The van der Waals surface area contributed by atoms with Crippen molar-refractivity contribution in [3.05, 3.63) is 65.6 Å². The Hall–Kier alpha value is -3.39. The number of benzene rings is 2. The molecule has 1 saturated heterocycles. The van der Waals surface area contributed by atoms with Gasteiger partial charge in [-0.05, 0) is 47.9 Å². The summed E-state index contributed by atoms with van der Waals surface area (Å²) in [5.74, 6) is 1.08. The lowest BCUT2D eigenvalue weighted by Crippen LogP contribution is -2.38. The zero-order chi connectivity index (χ0) is 21.2. The Balaban J connectivity index is 1.26. The van der Waals surface area contributed by atoms with Crippen molar-refractivity contribution in [1.82, 2.24) is 30.5 Å². The highest BCUT2D eigenvalue weighted by Gasteiger charge is 2.23. The number of hydrogen-bond donors (Lipinski definition) is 1. The summed E-state index contributed by atoms with van der Waals surface area (Å²) < 4.78 is 20.5. The Morgan fingerprint density at radius 1 is 1.13 bits per heavy atom. The Kier molecular flexibility index (Phi) is 5.30. The van der Waals surface area contributed by atoms with Gasteiger partial charge >= 0.3 is 0 Å². The standard InChI is InChI=1S/C23H23FN6O/c1-15-13-21(19-7-4-8-20(24)22(19)25-15)31-17-9-11-30(12-10-17)14-16-5-2-3-6-18(16)23-26-28-29-27-23/h2-8,13,17H,9-12,14H2,1H3,(H,26,27,28,29). The van der Waals surface area contributed by atoms with Crippen molar-refractivity contribution in [2.45, 2.75) is 32.4 Å². The number of H-pyrrole nitrogens is 1. The second-order valence-electron chi connectivity index (χ2n) is 7.90. The number of halogens is 1. The van der Waals surface area contributed by atoms with Crippen LogP contribution in [0.25, 0.3) is 22.3 Å². The van der Waals surface area contributed by atoms with Crippen molar-refractivity contribution >= 4 is 10.9 Å². The molecule has 7 nitrogen and oxygen atoms in total. The van der Waals surface area contributed by atoms with Gasteiger partial charge in [0.05, 0.1) is 0 Å². The van der Waals surface area contributed by atoms with Crippen LogP contribution in [0, 0.1) is 12.7 Å². The van der Waals surface area contributed by atoms with E-state index in [2.05, 4.69) is 36.6 Å². The third-order valence-corrected chi connectivity index (χ3v) is 5.72. The Bertz CT molecular complexity index is 1190. The topological polar surface area (TPSA) is 79.8 Å². The maximum atomic E-state index is 14.2. The predicted molar refractivity (Wildman–Crippen MR) is 115 cm³/mol. The number of nitrogens with zero attached hydrogens (tertiary/aromatic N) is 5. The fraction of sp³-hybridized carbons (Fsp3) is 0.304. The summed E-state index contributed by atoms with van der Waals surface area (Å²) in [6, 6.07) is 15.1. The molecule has 1 N–H and O–H groups in total. The minimum atomic E-state index is -0.318. The van der Waals surface area contributed by atoms with Gasteiger partial charge in [0.15, 0.2) is 5.82 Å². The minimum Gasteiger partial charge on any atom is -0.490 e. The zero-order valence-electron chi connectivity index (χ0n) is 17.3. The van der Waals surface area contributed by atoms with Crippen molar-refractivity contribution in [3.8, 4) is 17.1 Å². The van der Waals surface area contributed by atoms with Crippen molar-refractivity contribution in [2.75, 3.05) is 13.1 Å². The number of rotatable bonds is 5. The van der Waals surface area contributed by atoms with E-state index < -0.39 is 0 Å². The van der Waals surface area contributed by atoms with Gasteiger partial charge in [-0.1, -0.05) is 30.3 Å². The molecule has 0 saturated carbocycles. The van der Waals surface area contributed by atoms with Crippen LogP contribution in [0.3, 0.4) is 0 Å². The van der Waals surface area contributed by atoms with Gasteiger partial charge in [0.1, 0.15) is 23.2 Å². The highest BCUT2D eigenvalue weighted by molar-refractivity contribution is 5.85. The van der Waals surface area contributed by atoms with Gasteiger partial charge in [-0.3, -0.25) is 4.90 Å². The van der Waals surface area contributed by atoms with Crippen LogP contribution in [-0.2, 0) is 6.54 Å². The summed E-state index contributed by atoms with van der Waals surface area (Å²) in [7, 11) is 0. The number of pyridine rings is 1. The van der Waals surface area contributed by atoms with Crippen molar-refractivity contribution in [1.29, 1.82) is 0 Å². The molecule has 1 aliphatic heterocycles. The number of piperidine rings is 1. The quantitative estimate of drug-likeness (QED) is 0.529. The molecule has 0 aliphatic carbocycles. The van der Waals surface area contributed by atoms with Gasteiger partial charge in [-0.15, -0.1) is 5.10 Å². The minimum absolute atomic E-state index is 0.0956. The number of para-hydroxylation sites is 1. The lowest BCUT2D eigenvalue weighted by molar-refractivity contribution is 0.0979. The molecule has 3 heterocycles. The highest BCUT2D eigenvalue weighted by atomic mass is 19.1. The monoisotopic (exact) mass is 418 g/mol. The molecule has 0 unspecified atom stereocenters. The molecular formula is C23H23FN6O. The van der Waals surface area contributed by atoms with E-state index in [4.69, 9.17) is 4.74 Å². The van der Waals surface area contributed by atoms with Crippen molar-refractivity contribution in [2.24, 2.45) is 0 Å². The zero-order valence-corrected chi connectivity index (χ0v) is 17.3. The predicted octanol–water partition coefficient (Wildman–Crippen LogP) is 3.91. The number of hydrogen-bond acceptors (Lipinski definition) is 6. The molecule has 31 heavy (non-hydrogen) atoms. The summed E-state index contributed by atoms with van der Waals surface area (Å²) in [5, 5.41) is 15.0. The van der Waals surface area contributed by atoms with Crippen LogP contribution >= 0.6 is 0 Å². The maximum Gasteiger partial charge on any atom is 0.179 e. The molecule has 2 aromatic heterocycles. The first-order valence-corrected chi connectivity index (χ1v) is 10.4. The van der Waals surface area contributed by atoms with Gasteiger partial charge in [-0.25, -0.2) is 14.5 Å². The average molecular weight is 418 g/mol. The normalized spacial score (nSPS) is 15.4. The highest BCUT2D eigenvalue weighted by Crippen LogP contribution is 2.30. The molecule has 1 aliphatic rings. The number of tetrazole rings is 1. The smallest absolute Gasteiger partial charge is 0.179 e. The molecule has 0 bridgehead atoms. The first-order chi connectivity index (χ1) is 15.2. The Morgan fingerprint density at radius 3 is 2.77 bits per heavy atom. The van der Waals surface area contributed by atoms with E-state index in [1.54, 1.807) is 6.07 Å². The van der Waals surface area contributed by atoms with E-state index in [1.807, 2.05) is 37.3 Å². The molecule has 2 aromatic carbocycles. The molecule has 0 spiro atoms. The number of aromatic amines is 1. The van der Waals surface area contributed by atoms with Crippen LogP contribution in [0.4, 0.5) is 4.39 Å². The summed E-state index contributed by atoms with van der Waals surface area (Å²) in [6.45, 7) is 4.53. The molecule has 4 aromatic rings. The first kappa shape index (κ1) is 19.6. The third-order valence-electron chi connectivity index (χ3n) is 5.72. The summed E-state index contributed by atoms with van der Waals surface area (Å²) in [4.78, 5) is 6.75. The average Bonchev–Trinajstić information content (AvgIpc) is 3.31. The van der Waals surface area contributed by atoms with Crippen molar-refractivity contribution < 1.29 is 9.13 Å². The van der Waals surface area contributed by atoms with Gasteiger partial charge in [0, 0.05) is 42.3 Å². The van der Waals surface area contributed by atoms with Gasteiger partial charge in [-0.2, -0.15) is 0 Å². The fourth-order valence-corrected chi connectivity index (χ4v) is 4.17. The van der Waals surface area contributed by atoms with E-state index in [9.17, 15) is 4.39 Å². The first-order valence-electron chi connectivity index (χ1n) is 10.4. The maximum absolute atomic E-state index is 14.2. The number of fused-ring (bicyclic) bond motifs is 1. The Morgan fingerprint density at radius 2 is 1.97 bits per heavy atom. The summed E-state index contributed by atoms with van der Waals surface area (Å²) in [5.41, 5.74) is 3.33. The number of aryl methyl sites for hydroxylation is 1. The number of nitrogens with one attached hydrogen (secondary N) is 1. The van der Waals surface area contributed by atoms with Crippen LogP contribution in [-0.4, -0.2) is 49.7 Å². The van der Waals surface area contributed by atoms with E-state index in [0.29, 0.717) is 17.1 Å². The lowest BCUT2D eigenvalue weighted by atomic mass is 10.0. The second kappa shape index (κ2) is 8.39. The second-order valence-corrected chi connectivity index (χ2v) is 7.90. The molecule has 1 fully saturated rings. The van der Waals surface area contributed by atoms with E-state index >= 15 is 0 Å². The van der Waals surface area contributed by atoms with Gasteiger partial charge in [0.2, 0.25) is 0 Å². The van der Waals surface area contributed by atoms with Crippen molar-refractivity contribution in [3.63, 3.8) is 0 Å². The molecule has 5 rings (SSSR count). The number of likely N-dealkylation sites (tertiary alicyclic amines) is 1. The molecular weight excluding hydrogens is 395 g/mol. The molecule has 8 heteroatoms. The van der Waals surface area contributed by atoms with Gasteiger partial charge < -0.3 is 4.74 Å².